The average molecular weight is 327 g/mol. The molecule has 1 aliphatic rings. The lowest BCUT2D eigenvalue weighted by Crippen LogP contribution is -2.46. The van der Waals surface area contributed by atoms with Gasteiger partial charge >= 0.3 is 0 Å². The zero-order valence-corrected chi connectivity index (χ0v) is 14.2. The van der Waals surface area contributed by atoms with Crippen molar-refractivity contribution in [3.63, 3.8) is 0 Å². The van der Waals surface area contributed by atoms with Crippen LogP contribution in [0.1, 0.15) is 39.6 Å². The van der Waals surface area contributed by atoms with Crippen LogP contribution in [0.2, 0.25) is 0 Å². The predicted molar refractivity (Wildman–Crippen MR) is 92.5 cm³/mol. The van der Waals surface area contributed by atoms with Crippen molar-refractivity contribution in [1.82, 2.24) is 14.9 Å². The van der Waals surface area contributed by atoms with Crippen molar-refractivity contribution in [2.24, 2.45) is 11.8 Å². The van der Waals surface area contributed by atoms with Crippen molar-refractivity contribution in [3.05, 3.63) is 40.5 Å². The summed E-state index contributed by atoms with van der Waals surface area (Å²) >= 11 is 0. The first kappa shape index (κ1) is 16.2. The van der Waals surface area contributed by atoms with E-state index in [1.807, 2.05) is 33.8 Å². The number of phenols is 1. The number of fused-ring (bicyclic) bond motifs is 2. The smallest absolute Gasteiger partial charge is 0.262 e. The molecule has 6 nitrogen and oxygen atoms in total. The fourth-order valence-electron chi connectivity index (χ4n) is 3.09. The molecule has 1 amide bonds. The lowest BCUT2D eigenvalue weighted by molar-refractivity contribution is -0.125. The molecule has 1 aromatic heterocycles. The van der Waals surface area contributed by atoms with Gasteiger partial charge in [-0.25, -0.2) is 4.98 Å². The number of hydrogen-bond acceptors (Lipinski definition) is 4. The number of nitrogens with one attached hydrogen (secondary N) is 1. The van der Waals surface area contributed by atoms with Crippen LogP contribution < -0.4 is 10.9 Å². The summed E-state index contributed by atoms with van der Waals surface area (Å²) in [6, 6.07) is 4.09. The molecule has 0 spiro atoms. The number of aromatic nitrogens is 2. The number of para-hydroxylation sites is 1. The summed E-state index contributed by atoms with van der Waals surface area (Å²) in [5, 5.41) is 13.2. The molecule has 3 rings (SSSR count). The Bertz CT molecular complexity index is 910. The number of carbonyl (C=O) groups is 1. The Kier molecular flexibility index (Phi) is 3.91. The van der Waals surface area contributed by atoms with E-state index in [1.165, 1.54) is 10.6 Å². The van der Waals surface area contributed by atoms with Crippen LogP contribution in [0.5, 0.6) is 5.75 Å². The maximum absolute atomic E-state index is 13.0. The Morgan fingerprint density at radius 2 is 1.96 bits per heavy atom. The standard InChI is InChI=1S/C18H21N3O3/c1-9(2)8-12-16-20-14-11(6-5-7-13(14)22)18(24)21(16)15(10(3)4)17(23)19-12/h5-10,15,22H,1-4H3,(H,19,23)/b12-8-. The molecule has 6 heteroatoms. The maximum Gasteiger partial charge on any atom is 0.262 e. The van der Waals surface area contributed by atoms with Crippen molar-refractivity contribution in [1.29, 1.82) is 0 Å². The van der Waals surface area contributed by atoms with Gasteiger partial charge in [-0.05, 0) is 24.0 Å². The number of amides is 1. The quantitative estimate of drug-likeness (QED) is 0.887. The number of benzene rings is 1. The second kappa shape index (κ2) is 5.78. The first-order valence-electron chi connectivity index (χ1n) is 8.08. The fraction of sp³-hybridized carbons (Fsp3) is 0.389. The summed E-state index contributed by atoms with van der Waals surface area (Å²) in [6.45, 7) is 7.75. The molecular weight excluding hydrogens is 306 g/mol. The highest BCUT2D eigenvalue weighted by Crippen LogP contribution is 2.29. The van der Waals surface area contributed by atoms with Gasteiger partial charge < -0.3 is 10.4 Å². The van der Waals surface area contributed by atoms with Gasteiger partial charge in [-0.2, -0.15) is 0 Å². The van der Waals surface area contributed by atoms with Gasteiger partial charge in [0.25, 0.3) is 5.56 Å². The van der Waals surface area contributed by atoms with Crippen LogP contribution in [0, 0.1) is 11.8 Å². The highest BCUT2D eigenvalue weighted by molar-refractivity contribution is 5.93. The summed E-state index contributed by atoms with van der Waals surface area (Å²) in [6.07, 6.45) is 1.86. The van der Waals surface area contributed by atoms with Gasteiger partial charge in [0.2, 0.25) is 5.91 Å². The molecule has 2 N–H and O–H groups in total. The molecular formula is C18H21N3O3. The minimum Gasteiger partial charge on any atom is -0.506 e. The average Bonchev–Trinajstić information content (AvgIpc) is 2.48. The van der Waals surface area contributed by atoms with E-state index >= 15 is 0 Å². The van der Waals surface area contributed by atoms with Crippen LogP contribution >= 0.6 is 0 Å². The molecule has 0 saturated heterocycles. The Labute approximate surface area is 139 Å². The van der Waals surface area contributed by atoms with Gasteiger partial charge in [-0.3, -0.25) is 14.2 Å². The molecule has 24 heavy (non-hydrogen) atoms. The minimum atomic E-state index is -0.629. The van der Waals surface area contributed by atoms with Gasteiger partial charge in [0.15, 0.2) is 5.82 Å². The van der Waals surface area contributed by atoms with Crippen LogP contribution in [0.15, 0.2) is 29.1 Å². The Balaban J connectivity index is 2.43. The van der Waals surface area contributed by atoms with E-state index in [2.05, 4.69) is 10.3 Å². The highest BCUT2D eigenvalue weighted by atomic mass is 16.3. The number of aromatic hydroxyl groups is 1. The molecule has 2 aromatic rings. The molecule has 0 radical (unpaired) electrons. The van der Waals surface area contributed by atoms with Crippen molar-refractivity contribution in [2.45, 2.75) is 33.7 Å². The summed E-state index contributed by atoms with van der Waals surface area (Å²) in [4.78, 5) is 30.1. The van der Waals surface area contributed by atoms with E-state index in [-0.39, 0.29) is 34.6 Å². The molecule has 0 saturated carbocycles. The normalized spacial score (nSPS) is 19.2. The number of nitrogens with zero attached hydrogens (tertiary/aromatic N) is 2. The zero-order chi connectivity index (χ0) is 17.6. The van der Waals surface area contributed by atoms with Gasteiger partial charge in [0.05, 0.1) is 11.1 Å². The monoisotopic (exact) mass is 327 g/mol. The minimum absolute atomic E-state index is 0.0464. The third-order valence-electron chi connectivity index (χ3n) is 4.09. The molecule has 1 aromatic carbocycles. The van der Waals surface area contributed by atoms with E-state index in [9.17, 15) is 14.7 Å². The highest BCUT2D eigenvalue weighted by Gasteiger charge is 2.35. The molecule has 0 aliphatic carbocycles. The van der Waals surface area contributed by atoms with Gasteiger partial charge in [-0.1, -0.05) is 39.8 Å². The van der Waals surface area contributed by atoms with Crippen LogP contribution in [0.3, 0.4) is 0 Å². The van der Waals surface area contributed by atoms with Crippen molar-refractivity contribution in [2.75, 3.05) is 0 Å². The summed E-state index contributed by atoms with van der Waals surface area (Å²) < 4.78 is 1.46. The first-order valence-corrected chi connectivity index (χ1v) is 8.08. The van der Waals surface area contributed by atoms with Gasteiger partial charge in [-0.15, -0.1) is 0 Å². The van der Waals surface area contributed by atoms with Crippen molar-refractivity contribution in [3.8, 4) is 5.75 Å². The van der Waals surface area contributed by atoms with Gasteiger partial charge in [0.1, 0.15) is 17.3 Å². The summed E-state index contributed by atoms with van der Waals surface area (Å²) in [5.41, 5.74) is 0.449. The molecule has 1 aliphatic heterocycles. The lowest BCUT2D eigenvalue weighted by atomic mass is 9.99. The van der Waals surface area contributed by atoms with E-state index in [0.717, 1.165) is 0 Å². The van der Waals surface area contributed by atoms with E-state index < -0.39 is 6.04 Å². The Hall–Kier alpha value is -2.63. The molecule has 1 atom stereocenters. The zero-order valence-electron chi connectivity index (χ0n) is 14.2. The second-order valence-electron chi connectivity index (χ2n) is 6.79. The number of carbonyl (C=O) groups excluding carboxylic acids is 1. The molecule has 126 valence electrons. The number of phenolic OH excluding ortho intramolecular Hbond substituents is 1. The third-order valence-corrected chi connectivity index (χ3v) is 4.09. The van der Waals surface area contributed by atoms with Crippen LogP contribution in [0.4, 0.5) is 0 Å². The summed E-state index contributed by atoms with van der Waals surface area (Å²) in [7, 11) is 0. The third kappa shape index (κ3) is 2.48. The predicted octanol–water partition coefficient (Wildman–Crippen LogP) is 2.43. The molecule has 0 bridgehead atoms. The van der Waals surface area contributed by atoms with E-state index in [0.29, 0.717) is 16.9 Å². The lowest BCUT2D eigenvalue weighted by Gasteiger charge is -2.31. The number of allylic oxidation sites excluding steroid dienone is 1. The van der Waals surface area contributed by atoms with Gasteiger partial charge in [0, 0.05) is 0 Å². The first-order chi connectivity index (χ1) is 11.3. The van der Waals surface area contributed by atoms with Crippen LogP contribution in [0.25, 0.3) is 16.6 Å². The van der Waals surface area contributed by atoms with Crippen molar-refractivity contribution >= 4 is 22.5 Å². The number of hydrogen-bond donors (Lipinski definition) is 2. The van der Waals surface area contributed by atoms with E-state index in [4.69, 9.17) is 0 Å². The SMILES string of the molecule is CC(C)/C=C1\NC(=O)C(C(C)C)n2c1nc1c(O)cccc1c2=O. The Morgan fingerprint density at radius 1 is 1.25 bits per heavy atom. The topological polar surface area (TPSA) is 84.2 Å². The summed E-state index contributed by atoms with van der Waals surface area (Å²) in [5.74, 6) is 0.226. The molecule has 0 fully saturated rings. The molecule has 2 heterocycles. The van der Waals surface area contributed by atoms with Crippen LogP contribution in [-0.2, 0) is 4.79 Å². The fourth-order valence-corrected chi connectivity index (χ4v) is 3.09. The van der Waals surface area contributed by atoms with Crippen molar-refractivity contribution < 1.29 is 9.90 Å². The maximum atomic E-state index is 13.0. The Morgan fingerprint density at radius 3 is 2.58 bits per heavy atom. The second-order valence-corrected chi connectivity index (χ2v) is 6.79. The van der Waals surface area contributed by atoms with Crippen LogP contribution in [-0.4, -0.2) is 20.6 Å². The number of rotatable bonds is 2. The largest absolute Gasteiger partial charge is 0.506 e. The van der Waals surface area contributed by atoms with E-state index in [1.54, 1.807) is 12.1 Å². The molecule has 1 unspecified atom stereocenters.